The van der Waals surface area contributed by atoms with E-state index in [0.29, 0.717) is 21.7 Å². The van der Waals surface area contributed by atoms with Crippen molar-refractivity contribution in [3.8, 4) is 6.07 Å². The molecule has 98 valence electrons. The van der Waals surface area contributed by atoms with Gasteiger partial charge in [0.2, 0.25) is 0 Å². The molecule has 0 heterocycles. The Morgan fingerprint density at radius 1 is 0.850 bits per heavy atom. The number of hydrogen-bond acceptors (Lipinski definition) is 1. The lowest BCUT2D eigenvalue weighted by molar-refractivity contribution is -0.137. The Kier molecular flexibility index (Phi) is 2.65. The van der Waals surface area contributed by atoms with Crippen molar-refractivity contribution in [1.82, 2.24) is 0 Å². The van der Waals surface area contributed by atoms with Crippen LogP contribution in [-0.2, 0) is 6.18 Å². The highest BCUT2D eigenvalue weighted by Crippen LogP contribution is 2.34. The van der Waals surface area contributed by atoms with Gasteiger partial charge in [-0.15, -0.1) is 0 Å². The van der Waals surface area contributed by atoms with E-state index in [4.69, 9.17) is 5.26 Å². The van der Waals surface area contributed by atoms with Crippen LogP contribution in [0, 0.1) is 11.3 Å². The summed E-state index contributed by atoms with van der Waals surface area (Å²) >= 11 is 0. The lowest BCUT2D eigenvalue weighted by Gasteiger charge is -2.10. The van der Waals surface area contributed by atoms with Gasteiger partial charge in [-0.3, -0.25) is 0 Å². The summed E-state index contributed by atoms with van der Waals surface area (Å²) in [7, 11) is 0. The lowest BCUT2D eigenvalue weighted by atomic mass is 9.97. The summed E-state index contributed by atoms with van der Waals surface area (Å²) in [4.78, 5) is 0. The van der Waals surface area contributed by atoms with Gasteiger partial charge in [-0.25, -0.2) is 0 Å². The Balaban J connectivity index is 2.44. The lowest BCUT2D eigenvalue weighted by Crippen LogP contribution is -2.04. The number of alkyl halides is 3. The van der Waals surface area contributed by atoms with Crippen LogP contribution < -0.4 is 0 Å². The molecule has 0 radical (unpaired) electrons. The van der Waals surface area contributed by atoms with Gasteiger partial charge in [0.1, 0.15) is 0 Å². The molecule has 0 aliphatic carbocycles. The fourth-order valence-electron chi connectivity index (χ4n) is 2.36. The largest absolute Gasteiger partial charge is 0.416 e. The normalized spacial score (nSPS) is 11.7. The molecule has 0 unspecified atom stereocenters. The fraction of sp³-hybridized carbons (Fsp3) is 0.0625. The van der Waals surface area contributed by atoms with E-state index in [-0.39, 0.29) is 0 Å². The molecule has 1 nitrogen and oxygen atoms in total. The minimum absolute atomic E-state index is 0.460. The molecule has 0 atom stereocenters. The van der Waals surface area contributed by atoms with Crippen LogP contribution in [0.4, 0.5) is 13.2 Å². The highest BCUT2D eigenvalue weighted by atomic mass is 19.4. The van der Waals surface area contributed by atoms with Crippen molar-refractivity contribution in [2.75, 3.05) is 0 Å². The molecule has 0 fully saturated rings. The van der Waals surface area contributed by atoms with Crippen molar-refractivity contribution >= 4 is 21.5 Å². The average molecular weight is 271 g/mol. The number of nitrogens with zero attached hydrogens (tertiary/aromatic N) is 1. The van der Waals surface area contributed by atoms with E-state index in [1.165, 1.54) is 6.07 Å². The molecule has 3 rings (SSSR count). The molecule has 0 saturated carbocycles. The van der Waals surface area contributed by atoms with E-state index < -0.39 is 11.7 Å². The SMILES string of the molecule is N#Cc1cccc2c1ccc1ccc(C(F)(F)F)cc12. The number of nitriles is 1. The van der Waals surface area contributed by atoms with Crippen molar-refractivity contribution in [3.05, 3.63) is 59.7 Å². The Bertz CT molecular complexity index is 857. The molecule has 20 heavy (non-hydrogen) atoms. The second-order valence-corrected chi connectivity index (χ2v) is 4.51. The third-order valence-electron chi connectivity index (χ3n) is 3.33. The molecule has 3 aromatic carbocycles. The van der Waals surface area contributed by atoms with Crippen LogP contribution in [0.1, 0.15) is 11.1 Å². The molecular formula is C16H8F3N. The predicted octanol–water partition coefficient (Wildman–Crippen LogP) is 4.88. The predicted molar refractivity (Wildman–Crippen MR) is 71.2 cm³/mol. The minimum atomic E-state index is -4.37. The number of fused-ring (bicyclic) bond motifs is 3. The monoisotopic (exact) mass is 271 g/mol. The highest BCUT2D eigenvalue weighted by Gasteiger charge is 2.30. The Hall–Kier alpha value is -2.54. The van der Waals surface area contributed by atoms with Gasteiger partial charge in [-0.1, -0.05) is 30.3 Å². The van der Waals surface area contributed by atoms with Crippen molar-refractivity contribution in [2.24, 2.45) is 0 Å². The summed E-state index contributed by atoms with van der Waals surface area (Å²) in [6, 6.07) is 14.3. The van der Waals surface area contributed by atoms with E-state index in [2.05, 4.69) is 6.07 Å². The first-order valence-electron chi connectivity index (χ1n) is 5.93. The summed E-state index contributed by atoms with van der Waals surface area (Å²) in [6.45, 7) is 0. The second-order valence-electron chi connectivity index (χ2n) is 4.51. The van der Waals surface area contributed by atoms with Crippen molar-refractivity contribution in [3.63, 3.8) is 0 Å². The summed E-state index contributed by atoms with van der Waals surface area (Å²) in [5, 5.41) is 11.6. The van der Waals surface area contributed by atoms with Crippen LogP contribution in [0.5, 0.6) is 0 Å². The third-order valence-corrected chi connectivity index (χ3v) is 3.33. The zero-order valence-electron chi connectivity index (χ0n) is 10.2. The molecule has 0 aliphatic heterocycles. The minimum Gasteiger partial charge on any atom is -0.192 e. The molecule has 0 N–H and O–H groups in total. The van der Waals surface area contributed by atoms with Crippen molar-refractivity contribution < 1.29 is 13.2 Å². The van der Waals surface area contributed by atoms with Crippen LogP contribution in [0.3, 0.4) is 0 Å². The quantitative estimate of drug-likeness (QED) is 0.534. The molecule has 0 aliphatic rings. The standard InChI is InChI=1S/C16H8F3N/c17-16(18,19)12-6-4-10-5-7-13-11(9-20)2-1-3-14(13)15(10)8-12/h1-8H. The van der Waals surface area contributed by atoms with Crippen LogP contribution in [-0.4, -0.2) is 0 Å². The molecule has 0 bridgehead atoms. The van der Waals surface area contributed by atoms with E-state index in [0.717, 1.165) is 17.5 Å². The van der Waals surface area contributed by atoms with Gasteiger partial charge < -0.3 is 0 Å². The maximum atomic E-state index is 12.8. The van der Waals surface area contributed by atoms with Gasteiger partial charge in [0.15, 0.2) is 0 Å². The molecule has 0 amide bonds. The Morgan fingerprint density at radius 2 is 1.60 bits per heavy atom. The summed E-state index contributed by atoms with van der Waals surface area (Å²) in [5.74, 6) is 0. The Morgan fingerprint density at radius 3 is 2.30 bits per heavy atom. The van der Waals surface area contributed by atoms with Gasteiger partial charge in [0, 0.05) is 5.39 Å². The number of rotatable bonds is 0. The Labute approximate surface area is 112 Å². The number of halogens is 3. The van der Waals surface area contributed by atoms with Crippen LogP contribution >= 0.6 is 0 Å². The van der Waals surface area contributed by atoms with Crippen LogP contribution in [0.2, 0.25) is 0 Å². The zero-order chi connectivity index (χ0) is 14.3. The molecule has 0 saturated heterocycles. The third kappa shape index (κ3) is 1.88. The first-order valence-corrected chi connectivity index (χ1v) is 5.93. The van der Waals surface area contributed by atoms with E-state index in [1.54, 1.807) is 30.3 Å². The molecular weight excluding hydrogens is 263 g/mol. The van der Waals surface area contributed by atoms with Gasteiger partial charge in [-0.05, 0) is 34.4 Å². The van der Waals surface area contributed by atoms with Gasteiger partial charge in [0.25, 0.3) is 0 Å². The van der Waals surface area contributed by atoms with Crippen molar-refractivity contribution in [2.45, 2.75) is 6.18 Å². The smallest absolute Gasteiger partial charge is 0.192 e. The van der Waals surface area contributed by atoms with Gasteiger partial charge in [-0.2, -0.15) is 18.4 Å². The van der Waals surface area contributed by atoms with E-state index >= 15 is 0 Å². The van der Waals surface area contributed by atoms with E-state index in [9.17, 15) is 13.2 Å². The maximum Gasteiger partial charge on any atom is 0.416 e. The average Bonchev–Trinajstić information content (AvgIpc) is 2.44. The molecule has 0 spiro atoms. The summed E-state index contributed by atoms with van der Waals surface area (Å²) in [5.41, 5.74) is -0.221. The van der Waals surface area contributed by atoms with Crippen LogP contribution in [0.25, 0.3) is 21.5 Å². The highest BCUT2D eigenvalue weighted by molar-refractivity contribution is 6.09. The van der Waals surface area contributed by atoms with Gasteiger partial charge >= 0.3 is 6.18 Å². The maximum absolute atomic E-state index is 12.8. The molecule has 3 aromatic rings. The van der Waals surface area contributed by atoms with Crippen LogP contribution in [0.15, 0.2) is 48.5 Å². The summed E-state index contributed by atoms with van der Waals surface area (Å²) in [6.07, 6.45) is -4.37. The first kappa shape index (κ1) is 12.5. The van der Waals surface area contributed by atoms with Crippen molar-refractivity contribution in [1.29, 1.82) is 5.26 Å². The molecule has 4 heteroatoms. The summed E-state index contributed by atoms with van der Waals surface area (Å²) < 4.78 is 38.4. The fourth-order valence-corrected chi connectivity index (χ4v) is 2.36. The number of hydrogen-bond donors (Lipinski definition) is 0. The number of benzene rings is 3. The molecule has 0 aromatic heterocycles. The van der Waals surface area contributed by atoms with E-state index in [1.807, 2.05) is 0 Å². The first-order chi connectivity index (χ1) is 9.50. The zero-order valence-corrected chi connectivity index (χ0v) is 10.2. The topological polar surface area (TPSA) is 23.8 Å². The van der Waals surface area contributed by atoms with Gasteiger partial charge in [0.05, 0.1) is 17.2 Å². The second kappa shape index (κ2) is 4.24.